The fourth-order valence-electron chi connectivity index (χ4n) is 1.96. The fourth-order valence-corrected chi connectivity index (χ4v) is 1.96. The Labute approximate surface area is 96.0 Å². The van der Waals surface area contributed by atoms with Gasteiger partial charge in [-0.2, -0.15) is 0 Å². The van der Waals surface area contributed by atoms with Crippen LogP contribution in [0.1, 0.15) is 24.6 Å². The standard InChI is InChI=1S/C14H17NO/c1-3-12(16)9-11-8-10(2)15-14-7-5-4-6-13(11)14/h4-8,12,16H,3,9H2,1-2H3. The molecule has 1 heterocycles. The van der Waals surface area contributed by atoms with Crippen molar-refractivity contribution in [3.05, 3.63) is 41.6 Å². The molecule has 0 aliphatic carbocycles. The molecule has 0 bridgehead atoms. The molecule has 2 heteroatoms. The second-order valence-electron chi connectivity index (χ2n) is 4.21. The number of hydrogen-bond donors (Lipinski definition) is 1. The SMILES string of the molecule is CCC(O)Cc1cc(C)nc2ccccc12. The van der Waals surface area contributed by atoms with Crippen molar-refractivity contribution in [3.8, 4) is 0 Å². The summed E-state index contributed by atoms with van der Waals surface area (Å²) in [6.45, 7) is 4.00. The van der Waals surface area contributed by atoms with Gasteiger partial charge in [-0.25, -0.2) is 0 Å². The molecule has 0 saturated heterocycles. The lowest BCUT2D eigenvalue weighted by Crippen LogP contribution is -2.09. The number of para-hydroxylation sites is 1. The number of aromatic nitrogens is 1. The molecule has 2 nitrogen and oxygen atoms in total. The molecule has 0 amide bonds. The van der Waals surface area contributed by atoms with Crippen LogP contribution in [-0.4, -0.2) is 16.2 Å². The monoisotopic (exact) mass is 215 g/mol. The van der Waals surface area contributed by atoms with Crippen molar-refractivity contribution in [1.29, 1.82) is 0 Å². The molecule has 16 heavy (non-hydrogen) atoms. The van der Waals surface area contributed by atoms with Gasteiger partial charge in [0.05, 0.1) is 11.6 Å². The van der Waals surface area contributed by atoms with Gasteiger partial charge in [-0.1, -0.05) is 25.1 Å². The van der Waals surface area contributed by atoms with Gasteiger partial charge in [-0.05, 0) is 37.5 Å². The molecule has 1 atom stereocenters. The van der Waals surface area contributed by atoms with E-state index in [1.807, 2.05) is 32.0 Å². The first-order valence-corrected chi connectivity index (χ1v) is 5.74. The Morgan fingerprint density at radius 3 is 2.81 bits per heavy atom. The summed E-state index contributed by atoms with van der Waals surface area (Å²) in [5.41, 5.74) is 3.22. The van der Waals surface area contributed by atoms with Crippen molar-refractivity contribution in [2.45, 2.75) is 32.8 Å². The molecule has 2 rings (SSSR count). The van der Waals surface area contributed by atoms with Gasteiger partial charge in [0.15, 0.2) is 0 Å². The van der Waals surface area contributed by atoms with E-state index in [4.69, 9.17) is 0 Å². The summed E-state index contributed by atoms with van der Waals surface area (Å²) in [7, 11) is 0. The van der Waals surface area contributed by atoms with Crippen molar-refractivity contribution < 1.29 is 5.11 Å². The second-order valence-corrected chi connectivity index (χ2v) is 4.21. The number of hydrogen-bond acceptors (Lipinski definition) is 2. The van der Waals surface area contributed by atoms with Crippen LogP contribution in [0.4, 0.5) is 0 Å². The molecular weight excluding hydrogens is 198 g/mol. The Morgan fingerprint density at radius 1 is 1.31 bits per heavy atom. The lowest BCUT2D eigenvalue weighted by Gasteiger charge is -2.11. The van der Waals surface area contributed by atoms with E-state index in [9.17, 15) is 5.11 Å². The predicted octanol–water partition coefficient (Wildman–Crippen LogP) is 2.86. The quantitative estimate of drug-likeness (QED) is 0.854. The Kier molecular flexibility index (Phi) is 3.20. The van der Waals surface area contributed by atoms with Gasteiger partial charge < -0.3 is 5.11 Å². The molecule has 0 aliphatic rings. The van der Waals surface area contributed by atoms with E-state index in [1.165, 1.54) is 5.56 Å². The van der Waals surface area contributed by atoms with Crippen molar-refractivity contribution in [1.82, 2.24) is 4.98 Å². The lowest BCUT2D eigenvalue weighted by molar-refractivity contribution is 0.171. The van der Waals surface area contributed by atoms with Gasteiger partial charge in [0.2, 0.25) is 0 Å². The molecular formula is C14H17NO. The smallest absolute Gasteiger partial charge is 0.0707 e. The maximum Gasteiger partial charge on any atom is 0.0707 e. The van der Waals surface area contributed by atoms with Gasteiger partial charge in [-0.15, -0.1) is 0 Å². The molecule has 1 unspecified atom stereocenters. The number of fused-ring (bicyclic) bond motifs is 1. The molecule has 0 fully saturated rings. The Bertz CT molecular complexity index is 493. The van der Waals surface area contributed by atoms with Gasteiger partial charge in [0, 0.05) is 11.1 Å². The summed E-state index contributed by atoms with van der Waals surface area (Å²) in [4.78, 5) is 4.49. The van der Waals surface area contributed by atoms with Crippen LogP contribution in [0.2, 0.25) is 0 Å². The predicted molar refractivity (Wildman–Crippen MR) is 66.5 cm³/mol. The van der Waals surface area contributed by atoms with Crippen LogP contribution in [0, 0.1) is 6.92 Å². The van der Waals surface area contributed by atoms with Crippen LogP contribution in [0.5, 0.6) is 0 Å². The fraction of sp³-hybridized carbons (Fsp3) is 0.357. The highest BCUT2D eigenvalue weighted by Crippen LogP contribution is 2.20. The minimum atomic E-state index is -0.259. The van der Waals surface area contributed by atoms with E-state index >= 15 is 0 Å². The van der Waals surface area contributed by atoms with Crippen LogP contribution in [-0.2, 0) is 6.42 Å². The zero-order valence-corrected chi connectivity index (χ0v) is 9.77. The number of aliphatic hydroxyl groups excluding tert-OH is 1. The van der Waals surface area contributed by atoms with Crippen LogP contribution in [0.25, 0.3) is 10.9 Å². The van der Waals surface area contributed by atoms with E-state index in [2.05, 4.69) is 17.1 Å². The van der Waals surface area contributed by atoms with Gasteiger partial charge in [0.1, 0.15) is 0 Å². The maximum atomic E-state index is 9.74. The number of nitrogens with zero attached hydrogens (tertiary/aromatic N) is 1. The molecule has 0 saturated carbocycles. The lowest BCUT2D eigenvalue weighted by atomic mass is 10.0. The first-order valence-electron chi connectivity index (χ1n) is 5.74. The highest BCUT2D eigenvalue weighted by molar-refractivity contribution is 5.82. The van der Waals surface area contributed by atoms with E-state index in [0.29, 0.717) is 6.42 Å². The van der Waals surface area contributed by atoms with Gasteiger partial charge in [0.25, 0.3) is 0 Å². The number of aliphatic hydroxyl groups is 1. The molecule has 0 aliphatic heterocycles. The van der Waals surface area contributed by atoms with E-state index in [0.717, 1.165) is 23.0 Å². The first-order chi connectivity index (χ1) is 7.70. The number of pyridine rings is 1. The van der Waals surface area contributed by atoms with Gasteiger partial charge in [-0.3, -0.25) is 4.98 Å². The summed E-state index contributed by atoms with van der Waals surface area (Å²) < 4.78 is 0. The average molecular weight is 215 g/mol. The highest BCUT2D eigenvalue weighted by Gasteiger charge is 2.07. The minimum absolute atomic E-state index is 0.259. The molecule has 2 aromatic rings. The third-order valence-electron chi connectivity index (χ3n) is 2.86. The Hall–Kier alpha value is -1.41. The Morgan fingerprint density at radius 2 is 2.06 bits per heavy atom. The normalized spacial score (nSPS) is 12.9. The zero-order valence-electron chi connectivity index (χ0n) is 9.77. The molecule has 1 aromatic carbocycles. The molecule has 0 spiro atoms. The molecule has 0 radical (unpaired) electrons. The third-order valence-corrected chi connectivity index (χ3v) is 2.86. The Balaban J connectivity index is 2.50. The van der Waals surface area contributed by atoms with Crippen molar-refractivity contribution in [2.24, 2.45) is 0 Å². The van der Waals surface area contributed by atoms with Crippen LogP contribution < -0.4 is 0 Å². The maximum absolute atomic E-state index is 9.74. The van der Waals surface area contributed by atoms with Crippen molar-refractivity contribution >= 4 is 10.9 Å². The van der Waals surface area contributed by atoms with Gasteiger partial charge >= 0.3 is 0 Å². The molecule has 84 valence electrons. The largest absolute Gasteiger partial charge is 0.393 e. The highest BCUT2D eigenvalue weighted by atomic mass is 16.3. The summed E-state index contributed by atoms with van der Waals surface area (Å²) in [6.07, 6.45) is 1.24. The minimum Gasteiger partial charge on any atom is -0.393 e. The summed E-state index contributed by atoms with van der Waals surface area (Å²) in [6, 6.07) is 10.2. The van der Waals surface area contributed by atoms with E-state index < -0.39 is 0 Å². The molecule has 1 N–H and O–H groups in total. The number of benzene rings is 1. The van der Waals surface area contributed by atoms with Crippen LogP contribution in [0.3, 0.4) is 0 Å². The van der Waals surface area contributed by atoms with Crippen LogP contribution >= 0.6 is 0 Å². The number of aryl methyl sites for hydroxylation is 1. The average Bonchev–Trinajstić information content (AvgIpc) is 2.28. The summed E-state index contributed by atoms with van der Waals surface area (Å²) in [5, 5.41) is 10.9. The van der Waals surface area contributed by atoms with E-state index in [-0.39, 0.29) is 6.10 Å². The van der Waals surface area contributed by atoms with E-state index in [1.54, 1.807) is 0 Å². The zero-order chi connectivity index (χ0) is 11.5. The van der Waals surface area contributed by atoms with Crippen LogP contribution in [0.15, 0.2) is 30.3 Å². The second kappa shape index (κ2) is 4.62. The summed E-state index contributed by atoms with van der Waals surface area (Å²) >= 11 is 0. The first kappa shape index (κ1) is 11.1. The number of rotatable bonds is 3. The van der Waals surface area contributed by atoms with Crippen molar-refractivity contribution in [2.75, 3.05) is 0 Å². The molecule has 1 aromatic heterocycles. The summed E-state index contributed by atoms with van der Waals surface area (Å²) in [5.74, 6) is 0. The topological polar surface area (TPSA) is 33.1 Å². The third kappa shape index (κ3) is 2.22. The van der Waals surface area contributed by atoms with Crippen molar-refractivity contribution in [3.63, 3.8) is 0 Å².